The highest BCUT2D eigenvalue weighted by Gasteiger charge is 2.24. The van der Waals surface area contributed by atoms with E-state index >= 15 is 0 Å². The lowest BCUT2D eigenvalue weighted by Crippen LogP contribution is -2.33. The Bertz CT molecular complexity index is 1610. The lowest BCUT2D eigenvalue weighted by Gasteiger charge is -2.31. The third kappa shape index (κ3) is 6.28. The molecule has 0 amide bonds. The number of carboxylic acid groups (broad SMARTS) is 1. The molecule has 41 heavy (non-hydrogen) atoms. The van der Waals surface area contributed by atoms with Crippen LogP contribution in [-0.2, 0) is 20.2 Å². The summed E-state index contributed by atoms with van der Waals surface area (Å²) >= 11 is 0. The number of ether oxygens (including phenoxy) is 2. The lowest BCUT2D eigenvalue weighted by molar-refractivity contribution is 0.0696. The van der Waals surface area contributed by atoms with E-state index in [-0.39, 0.29) is 36.0 Å². The molecule has 11 heteroatoms. The van der Waals surface area contributed by atoms with E-state index in [4.69, 9.17) is 19.7 Å². The van der Waals surface area contributed by atoms with Gasteiger partial charge >= 0.3 is 5.97 Å². The first kappa shape index (κ1) is 28.0. The van der Waals surface area contributed by atoms with E-state index in [1.807, 2.05) is 29.8 Å². The summed E-state index contributed by atoms with van der Waals surface area (Å²) in [7, 11) is 1.83. The molecule has 3 heterocycles. The van der Waals surface area contributed by atoms with Crippen LogP contribution in [0.1, 0.15) is 51.8 Å². The molecule has 5 rings (SSSR count). The third-order valence-electron chi connectivity index (χ3n) is 7.30. The second-order valence-electron chi connectivity index (χ2n) is 9.93. The van der Waals surface area contributed by atoms with Crippen LogP contribution in [0.3, 0.4) is 0 Å². The van der Waals surface area contributed by atoms with Crippen molar-refractivity contribution < 1.29 is 28.2 Å². The third-order valence-corrected chi connectivity index (χ3v) is 7.30. The van der Waals surface area contributed by atoms with Crippen molar-refractivity contribution in [3.05, 3.63) is 82.6 Å². The first-order valence-corrected chi connectivity index (χ1v) is 13.3. The molecular formula is C30H29F2N5O4. The molecule has 0 atom stereocenters. The van der Waals surface area contributed by atoms with Crippen molar-refractivity contribution >= 4 is 17.0 Å². The molecule has 0 spiro atoms. The molecule has 212 valence electrons. The first-order chi connectivity index (χ1) is 19.9. The summed E-state index contributed by atoms with van der Waals surface area (Å²) in [6, 6.07) is 14.7. The zero-order chi connectivity index (χ0) is 28.9. The van der Waals surface area contributed by atoms with Crippen LogP contribution < -0.4 is 9.47 Å². The molecular weight excluding hydrogens is 532 g/mol. The number of alkyl halides is 1. The molecule has 1 aliphatic rings. The topological polar surface area (TPSA) is 114 Å². The monoisotopic (exact) mass is 561 g/mol. The van der Waals surface area contributed by atoms with Gasteiger partial charge in [-0.15, -0.1) is 0 Å². The average molecular weight is 562 g/mol. The number of aromatic carboxylic acids is 1. The number of hydrogen-bond donors (Lipinski definition) is 1. The maximum Gasteiger partial charge on any atom is 0.335 e. The predicted octanol–water partition coefficient (Wildman–Crippen LogP) is 4.98. The highest BCUT2D eigenvalue weighted by atomic mass is 19.1. The molecule has 0 unspecified atom stereocenters. The van der Waals surface area contributed by atoms with Gasteiger partial charge in [-0.05, 0) is 56.3 Å². The summed E-state index contributed by atoms with van der Waals surface area (Å²) < 4.78 is 40.0. The van der Waals surface area contributed by atoms with Crippen LogP contribution in [-0.4, -0.2) is 56.9 Å². The fourth-order valence-corrected chi connectivity index (χ4v) is 5.04. The Morgan fingerprint density at radius 3 is 2.66 bits per heavy atom. The number of hydrogen-bond acceptors (Lipinski definition) is 7. The van der Waals surface area contributed by atoms with E-state index in [9.17, 15) is 18.7 Å². The number of aromatic nitrogens is 3. The van der Waals surface area contributed by atoms with Crippen molar-refractivity contribution in [1.82, 2.24) is 19.4 Å². The number of pyridine rings is 1. The van der Waals surface area contributed by atoms with Crippen molar-refractivity contribution in [3.63, 3.8) is 0 Å². The van der Waals surface area contributed by atoms with Gasteiger partial charge in [-0.3, -0.25) is 4.90 Å². The number of halogens is 2. The van der Waals surface area contributed by atoms with Gasteiger partial charge in [-0.1, -0.05) is 12.1 Å². The van der Waals surface area contributed by atoms with E-state index in [1.165, 1.54) is 12.1 Å². The number of nitrogens with zero attached hydrogens (tertiary/aromatic N) is 5. The largest absolute Gasteiger partial charge is 0.488 e. The minimum atomic E-state index is -1.09. The Hall–Kier alpha value is -4.56. The summed E-state index contributed by atoms with van der Waals surface area (Å²) in [5, 5.41) is 18.4. The maximum absolute atomic E-state index is 14.2. The van der Waals surface area contributed by atoms with Gasteiger partial charge in [0.15, 0.2) is 0 Å². The number of piperidine rings is 1. The van der Waals surface area contributed by atoms with Gasteiger partial charge in [0, 0.05) is 30.3 Å². The van der Waals surface area contributed by atoms with Crippen LogP contribution in [0.5, 0.6) is 11.6 Å². The number of likely N-dealkylation sites (tertiary alicyclic amines) is 1. The van der Waals surface area contributed by atoms with Gasteiger partial charge in [-0.25, -0.2) is 23.5 Å². The van der Waals surface area contributed by atoms with Gasteiger partial charge in [0.25, 0.3) is 0 Å². The predicted molar refractivity (Wildman–Crippen MR) is 146 cm³/mol. The van der Waals surface area contributed by atoms with Crippen LogP contribution in [0.25, 0.3) is 11.0 Å². The normalized spacial score (nSPS) is 14.2. The van der Waals surface area contributed by atoms with Crippen LogP contribution in [0.15, 0.2) is 48.5 Å². The molecule has 1 aliphatic heterocycles. The number of carbonyl (C=O) groups is 1. The lowest BCUT2D eigenvalue weighted by atomic mass is 9.93. The fourth-order valence-electron chi connectivity index (χ4n) is 5.04. The molecule has 0 radical (unpaired) electrons. The van der Waals surface area contributed by atoms with Gasteiger partial charge in [0.05, 0.1) is 29.3 Å². The van der Waals surface area contributed by atoms with E-state index in [2.05, 4.69) is 9.88 Å². The van der Waals surface area contributed by atoms with Crippen LogP contribution in [0, 0.1) is 17.1 Å². The number of fused-ring (bicyclic) bond motifs is 1. The summed E-state index contributed by atoms with van der Waals surface area (Å²) in [4.78, 5) is 23.3. The van der Waals surface area contributed by atoms with Crippen LogP contribution in [0.2, 0.25) is 0 Å². The zero-order valence-corrected chi connectivity index (χ0v) is 22.5. The Kier molecular flexibility index (Phi) is 8.40. The number of benzene rings is 2. The highest BCUT2D eigenvalue weighted by Crippen LogP contribution is 2.31. The van der Waals surface area contributed by atoms with Gasteiger partial charge in [0.1, 0.15) is 42.8 Å². The fraction of sp³-hybridized carbons (Fsp3) is 0.333. The number of carboxylic acids is 1. The summed E-state index contributed by atoms with van der Waals surface area (Å²) in [6.45, 7) is 1.33. The zero-order valence-electron chi connectivity index (χ0n) is 22.5. The number of rotatable bonds is 10. The van der Waals surface area contributed by atoms with Gasteiger partial charge < -0.3 is 19.1 Å². The van der Waals surface area contributed by atoms with E-state index < -0.39 is 18.5 Å². The first-order valence-electron chi connectivity index (χ1n) is 13.3. The molecule has 0 saturated carbocycles. The number of aryl methyl sites for hydroxylation is 1. The molecule has 1 saturated heterocycles. The molecule has 4 aromatic rings. The minimum Gasteiger partial charge on any atom is -0.488 e. The Labute approximate surface area is 235 Å². The second-order valence-corrected chi connectivity index (χ2v) is 9.93. The van der Waals surface area contributed by atoms with Crippen LogP contribution >= 0.6 is 0 Å². The number of nitriles is 1. The summed E-state index contributed by atoms with van der Waals surface area (Å²) in [5.41, 5.74) is 2.71. The maximum atomic E-state index is 14.2. The summed E-state index contributed by atoms with van der Waals surface area (Å²) in [5.74, 6) is 0.0915. The van der Waals surface area contributed by atoms with E-state index in [1.54, 1.807) is 24.3 Å². The number of imidazole rings is 1. The average Bonchev–Trinajstić information content (AvgIpc) is 3.30. The van der Waals surface area contributed by atoms with Crippen molar-refractivity contribution in [2.24, 2.45) is 7.05 Å². The molecule has 9 nitrogen and oxygen atoms in total. The van der Waals surface area contributed by atoms with Gasteiger partial charge in [-0.2, -0.15) is 5.26 Å². The minimum absolute atomic E-state index is 0.0128. The second kappa shape index (κ2) is 12.3. The van der Waals surface area contributed by atoms with Crippen molar-refractivity contribution in [3.8, 4) is 17.7 Å². The molecule has 2 aromatic carbocycles. The quantitative estimate of drug-likeness (QED) is 0.288. The van der Waals surface area contributed by atoms with Crippen LogP contribution in [0.4, 0.5) is 8.78 Å². The van der Waals surface area contributed by atoms with E-state index in [0.717, 1.165) is 37.4 Å². The Balaban J connectivity index is 1.22. The Morgan fingerprint density at radius 2 is 1.95 bits per heavy atom. The summed E-state index contributed by atoms with van der Waals surface area (Å²) in [6.07, 6.45) is 1.75. The molecule has 0 aliphatic carbocycles. The Morgan fingerprint density at radius 1 is 1.15 bits per heavy atom. The van der Waals surface area contributed by atoms with Crippen molar-refractivity contribution in [1.29, 1.82) is 5.26 Å². The molecule has 2 aromatic heterocycles. The molecule has 0 bridgehead atoms. The molecule has 1 fully saturated rings. The molecule has 1 N–H and O–H groups in total. The smallest absolute Gasteiger partial charge is 0.335 e. The van der Waals surface area contributed by atoms with Gasteiger partial charge in [0.2, 0.25) is 5.88 Å². The highest BCUT2D eigenvalue weighted by molar-refractivity contribution is 5.95. The van der Waals surface area contributed by atoms with E-state index in [0.29, 0.717) is 29.0 Å². The SMILES string of the molecule is Cn1c(CN2CCC(c3cccc(OCc4ccc(C#N)cc4F)n3)CC2)nc2c(OCCF)cc(C(=O)O)cc21. The van der Waals surface area contributed by atoms with Crippen molar-refractivity contribution in [2.75, 3.05) is 26.4 Å². The standard InChI is InChI=1S/C30H29F2N5O4/c1-36-25-14-22(30(38)39)15-26(40-12-9-31)29(25)35-27(36)17-37-10-7-20(8-11-37)24-3-2-4-28(34-24)41-18-21-6-5-19(16-33)13-23(21)32/h2-6,13-15,20H,7-12,17-18H2,1H3,(H,38,39). The van der Waals surface area contributed by atoms with Crippen molar-refractivity contribution in [2.45, 2.75) is 31.9 Å².